The summed E-state index contributed by atoms with van der Waals surface area (Å²) in [5.74, 6) is -0.931. The molecule has 1 aliphatic heterocycles. The van der Waals surface area contributed by atoms with E-state index in [9.17, 15) is 9.90 Å². The molecule has 1 rings (SSSR count). The standard InChI is InChI=1S/C11H21NO3/c1-8-4-3-5-9(2)12(8)7-10(13)6-11(14)15/h8-10,13H,3-7H2,1-2H3,(H,14,15)/t8-,9+,10?. The van der Waals surface area contributed by atoms with Gasteiger partial charge in [-0.05, 0) is 26.7 Å². The fourth-order valence-corrected chi connectivity index (χ4v) is 2.34. The molecule has 0 saturated carbocycles. The molecule has 0 aliphatic carbocycles. The van der Waals surface area contributed by atoms with E-state index in [2.05, 4.69) is 18.7 Å². The Bertz CT molecular complexity index is 210. The first-order valence-corrected chi connectivity index (χ1v) is 5.66. The van der Waals surface area contributed by atoms with Gasteiger partial charge in [-0.3, -0.25) is 9.69 Å². The Morgan fingerprint density at radius 2 is 1.93 bits per heavy atom. The molecule has 1 fully saturated rings. The summed E-state index contributed by atoms with van der Waals surface area (Å²) in [7, 11) is 0. The minimum atomic E-state index is -0.931. The van der Waals surface area contributed by atoms with Crippen molar-refractivity contribution in [1.82, 2.24) is 4.90 Å². The van der Waals surface area contributed by atoms with Gasteiger partial charge in [0, 0.05) is 18.6 Å². The van der Waals surface area contributed by atoms with Crippen LogP contribution in [0.25, 0.3) is 0 Å². The molecular weight excluding hydrogens is 194 g/mol. The van der Waals surface area contributed by atoms with E-state index in [4.69, 9.17) is 5.11 Å². The van der Waals surface area contributed by atoms with Gasteiger partial charge in [-0.25, -0.2) is 0 Å². The maximum atomic E-state index is 10.4. The molecule has 0 radical (unpaired) electrons. The average molecular weight is 215 g/mol. The zero-order valence-corrected chi connectivity index (χ0v) is 9.52. The predicted molar refractivity (Wildman–Crippen MR) is 57.7 cm³/mol. The van der Waals surface area contributed by atoms with Crippen molar-refractivity contribution in [1.29, 1.82) is 0 Å². The van der Waals surface area contributed by atoms with E-state index < -0.39 is 12.1 Å². The summed E-state index contributed by atoms with van der Waals surface area (Å²) in [6.45, 7) is 4.76. The number of hydrogen-bond acceptors (Lipinski definition) is 3. The molecule has 2 N–H and O–H groups in total. The Labute approximate surface area is 90.9 Å². The number of aliphatic hydroxyl groups excluding tert-OH is 1. The van der Waals surface area contributed by atoms with Crippen LogP contribution >= 0.6 is 0 Å². The van der Waals surface area contributed by atoms with Gasteiger partial charge in [-0.1, -0.05) is 6.42 Å². The summed E-state index contributed by atoms with van der Waals surface area (Å²) < 4.78 is 0. The molecule has 1 heterocycles. The summed E-state index contributed by atoms with van der Waals surface area (Å²) in [5, 5.41) is 18.2. The molecule has 0 aromatic rings. The molecule has 0 bridgehead atoms. The fraction of sp³-hybridized carbons (Fsp3) is 0.909. The molecule has 1 aliphatic rings. The topological polar surface area (TPSA) is 60.8 Å². The van der Waals surface area contributed by atoms with E-state index in [0.29, 0.717) is 18.6 Å². The molecule has 3 atom stereocenters. The molecule has 0 spiro atoms. The van der Waals surface area contributed by atoms with Gasteiger partial charge in [-0.15, -0.1) is 0 Å². The van der Waals surface area contributed by atoms with Crippen molar-refractivity contribution >= 4 is 5.97 Å². The van der Waals surface area contributed by atoms with Crippen molar-refractivity contribution in [3.8, 4) is 0 Å². The van der Waals surface area contributed by atoms with Crippen LogP contribution in [0.3, 0.4) is 0 Å². The van der Waals surface area contributed by atoms with Crippen LogP contribution in [0.1, 0.15) is 39.5 Å². The highest BCUT2D eigenvalue weighted by atomic mass is 16.4. The minimum Gasteiger partial charge on any atom is -0.481 e. The first kappa shape index (κ1) is 12.5. The van der Waals surface area contributed by atoms with E-state index in [-0.39, 0.29) is 6.42 Å². The second-order valence-electron chi connectivity index (χ2n) is 4.58. The van der Waals surface area contributed by atoms with Gasteiger partial charge in [0.05, 0.1) is 12.5 Å². The molecule has 4 heteroatoms. The Morgan fingerprint density at radius 1 is 1.40 bits per heavy atom. The molecular formula is C11H21NO3. The number of likely N-dealkylation sites (tertiary alicyclic amines) is 1. The summed E-state index contributed by atoms with van der Waals surface area (Å²) >= 11 is 0. The molecule has 0 aromatic carbocycles. The summed E-state index contributed by atoms with van der Waals surface area (Å²) in [6, 6.07) is 0.911. The monoisotopic (exact) mass is 215 g/mol. The number of nitrogens with zero attached hydrogens (tertiary/aromatic N) is 1. The fourth-order valence-electron chi connectivity index (χ4n) is 2.34. The van der Waals surface area contributed by atoms with Gasteiger partial charge in [-0.2, -0.15) is 0 Å². The van der Waals surface area contributed by atoms with E-state index in [1.807, 2.05) is 0 Å². The maximum absolute atomic E-state index is 10.4. The highest BCUT2D eigenvalue weighted by molar-refractivity contribution is 5.67. The second kappa shape index (κ2) is 5.47. The van der Waals surface area contributed by atoms with Crippen molar-refractivity contribution in [3.63, 3.8) is 0 Å². The lowest BCUT2D eigenvalue weighted by Gasteiger charge is -2.39. The smallest absolute Gasteiger partial charge is 0.306 e. The van der Waals surface area contributed by atoms with Gasteiger partial charge in [0.25, 0.3) is 0 Å². The van der Waals surface area contributed by atoms with E-state index in [1.54, 1.807) is 0 Å². The highest BCUT2D eigenvalue weighted by Gasteiger charge is 2.26. The van der Waals surface area contributed by atoms with Crippen LogP contribution in [0.15, 0.2) is 0 Å². The molecule has 4 nitrogen and oxygen atoms in total. The van der Waals surface area contributed by atoms with Crippen LogP contribution in [-0.4, -0.2) is 45.8 Å². The SMILES string of the molecule is C[C@@H]1CCC[C@H](C)N1CC(O)CC(=O)O. The average Bonchev–Trinajstić information content (AvgIpc) is 2.10. The Kier molecular flexibility index (Phi) is 4.54. The number of aliphatic carboxylic acids is 1. The zero-order chi connectivity index (χ0) is 11.4. The summed E-state index contributed by atoms with van der Waals surface area (Å²) in [5.41, 5.74) is 0. The minimum absolute atomic E-state index is 0.157. The number of carboxylic acids is 1. The molecule has 0 amide bonds. The van der Waals surface area contributed by atoms with Crippen LogP contribution < -0.4 is 0 Å². The van der Waals surface area contributed by atoms with Crippen molar-refractivity contribution in [2.45, 2.75) is 57.7 Å². The van der Waals surface area contributed by atoms with E-state index in [0.717, 1.165) is 12.8 Å². The molecule has 1 saturated heterocycles. The van der Waals surface area contributed by atoms with Crippen molar-refractivity contribution in [2.75, 3.05) is 6.54 Å². The quantitative estimate of drug-likeness (QED) is 0.737. The second-order valence-corrected chi connectivity index (χ2v) is 4.58. The summed E-state index contributed by atoms with van der Waals surface area (Å²) in [6.07, 6.45) is 2.61. The number of rotatable bonds is 4. The molecule has 1 unspecified atom stereocenters. The van der Waals surface area contributed by atoms with Crippen molar-refractivity contribution < 1.29 is 15.0 Å². The van der Waals surface area contributed by atoms with E-state index in [1.165, 1.54) is 6.42 Å². The van der Waals surface area contributed by atoms with Gasteiger partial charge >= 0.3 is 5.97 Å². The van der Waals surface area contributed by atoms with Gasteiger partial charge in [0.1, 0.15) is 0 Å². The first-order chi connectivity index (χ1) is 7.00. The van der Waals surface area contributed by atoms with Crippen LogP contribution in [0.4, 0.5) is 0 Å². The van der Waals surface area contributed by atoms with Crippen LogP contribution in [-0.2, 0) is 4.79 Å². The number of β-amino-alcohol motifs (C(OH)–C–C–N with tert-alkyl or cyclic N) is 1. The summed E-state index contributed by atoms with van der Waals surface area (Å²) in [4.78, 5) is 12.7. The number of carbonyl (C=O) groups is 1. The van der Waals surface area contributed by atoms with Gasteiger partial charge in [0.15, 0.2) is 0 Å². The molecule has 15 heavy (non-hydrogen) atoms. The van der Waals surface area contributed by atoms with Crippen molar-refractivity contribution in [2.24, 2.45) is 0 Å². The van der Waals surface area contributed by atoms with Crippen LogP contribution in [0, 0.1) is 0 Å². The molecule has 0 aromatic heterocycles. The largest absolute Gasteiger partial charge is 0.481 e. The zero-order valence-electron chi connectivity index (χ0n) is 9.52. The lowest BCUT2D eigenvalue weighted by Crippen LogP contribution is -2.47. The Hall–Kier alpha value is -0.610. The third-order valence-electron chi connectivity index (χ3n) is 3.21. The predicted octanol–water partition coefficient (Wildman–Crippen LogP) is 1.08. The lowest BCUT2D eigenvalue weighted by atomic mass is 9.97. The van der Waals surface area contributed by atoms with Crippen LogP contribution in [0.2, 0.25) is 0 Å². The number of hydrogen-bond donors (Lipinski definition) is 2. The molecule has 88 valence electrons. The Balaban J connectivity index is 2.43. The van der Waals surface area contributed by atoms with Gasteiger partial charge < -0.3 is 10.2 Å². The van der Waals surface area contributed by atoms with Crippen molar-refractivity contribution in [3.05, 3.63) is 0 Å². The number of piperidine rings is 1. The van der Waals surface area contributed by atoms with Gasteiger partial charge in [0.2, 0.25) is 0 Å². The normalized spacial score (nSPS) is 30.1. The lowest BCUT2D eigenvalue weighted by molar-refractivity contribution is -0.139. The Morgan fingerprint density at radius 3 is 2.40 bits per heavy atom. The number of aliphatic hydroxyl groups is 1. The third kappa shape index (κ3) is 3.80. The maximum Gasteiger partial charge on any atom is 0.306 e. The third-order valence-corrected chi connectivity index (χ3v) is 3.21. The van der Waals surface area contributed by atoms with Crippen LogP contribution in [0.5, 0.6) is 0 Å². The first-order valence-electron chi connectivity index (χ1n) is 5.66. The van der Waals surface area contributed by atoms with E-state index >= 15 is 0 Å². The number of carboxylic acid groups (broad SMARTS) is 1. The highest BCUT2D eigenvalue weighted by Crippen LogP contribution is 2.22.